The third kappa shape index (κ3) is 4.57. The van der Waals surface area contributed by atoms with Crippen LogP contribution in [0.3, 0.4) is 0 Å². The molecule has 1 aromatic heterocycles. The average Bonchev–Trinajstić information content (AvgIpc) is 2.84. The van der Waals surface area contributed by atoms with E-state index in [0.717, 1.165) is 11.1 Å². The number of carbonyl (C=O) groups is 2. The number of anilines is 2. The summed E-state index contributed by atoms with van der Waals surface area (Å²) in [6, 6.07) is 26.1. The van der Waals surface area contributed by atoms with Crippen LogP contribution < -0.4 is 10.2 Å². The second-order valence-corrected chi connectivity index (χ2v) is 7.52. The van der Waals surface area contributed by atoms with Gasteiger partial charge >= 0.3 is 0 Å². The van der Waals surface area contributed by atoms with Crippen LogP contribution in [0.15, 0.2) is 97.3 Å². The summed E-state index contributed by atoms with van der Waals surface area (Å²) in [6.07, 6.45) is 3.30. The predicted molar refractivity (Wildman–Crippen MR) is 128 cm³/mol. The van der Waals surface area contributed by atoms with Crippen molar-refractivity contribution in [3.8, 4) is 11.1 Å². The van der Waals surface area contributed by atoms with Gasteiger partial charge in [0.25, 0.3) is 11.8 Å². The number of hydrogen-bond donors (Lipinski definition) is 1. The maximum absolute atomic E-state index is 13.0. The molecule has 1 heterocycles. The van der Waals surface area contributed by atoms with Crippen molar-refractivity contribution in [2.24, 2.45) is 0 Å². The fourth-order valence-electron chi connectivity index (χ4n) is 3.42. The SMILES string of the molecule is Cc1ccc(-c2ccccc2C(=O)Nc2ccc(C(=O)N(C)c3cccnc3)cc2)cc1. The first-order chi connectivity index (χ1) is 15.5. The summed E-state index contributed by atoms with van der Waals surface area (Å²) in [7, 11) is 1.71. The maximum atomic E-state index is 13.0. The molecule has 0 aliphatic carbocycles. The summed E-state index contributed by atoms with van der Waals surface area (Å²) >= 11 is 0. The van der Waals surface area contributed by atoms with Crippen molar-refractivity contribution in [3.05, 3.63) is 114 Å². The zero-order valence-corrected chi connectivity index (χ0v) is 17.9. The van der Waals surface area contributed by atoms with Crippen LogP contribution in [0.2, 0.25) is 0 Å². The lowest BCUT2D eigenvalue weighted by atomic mass is 9.98. The van der Waals surface area contributed by atoms with E-state index in [1.54, 1.807) is 54.7 Å². The van der Waals surface area contributed by atoms with Crippen LogP contribution in [0, 0.1) is 6.92 Å². The van der Waals surface area contributed by atoms with Crippen LogP contribution >= 0.6 is 0 Å². The van der Waals surface area contributed by atoms with Crippen LogP contribution in [-0.4, -0.2) is 23.8 Å². The minimum Gasteiger partial charge on any atom is -0.322 e. The second-order valence-electron chi connectivity index (χ2n) is 7.52. The lowest BCUT2D eigenvalue weighted by molar-refractivity contribution is 0.0991. The predicted octanol–water partition coefficient (Wildman–Crippen LogP) is 5.59. The number of carbonyl (C=O) groups excluding carboxylic acids is 2. The Morgan fingerprint density at radius 3 is 2.25 bits per heavy atom. The molecule has 0 bridgehead atoms. The number of nitrogens with zero attached hydrogens (tertiary/aromatic N) is 2. The molecule has 32 heavy (non-hydrogen) atoms. The first-order valence-electron chi connectivity index (χ1n) is 10.3. The Labute approximate surface area is 187 Å². The van der Waals surface area contributed by atoms with E-state index in [9.17, 15) is 9.59 Å². The number of hydrogen-bond acceptors (Lipinski definition) is 3. The zero-order valence-electron chi connectivity index (χ0n) is 17.9. The van der Waals surface area contributed by atoms with Gasteiger partial charge < -0.3 is 10.2 Å². The summed E-state index contributed by atoms with van der Waals surface area (Å²) in [4.78, 5) is 31.3. The number of nitrogens with one attached hydrogen (secondary N) is 1. The summed E-state index contributed by atoms with van der Waals surface area (Å²) in [5, 5.41) is 2.93. The molecule has 0 radical (unpaired) electrons. The van der Waals surface area contributed by atoms with Crippen molar-refractivity contribution in [1.29, 1.82) is 0 Å². The van der Waals surface area contributed by atoms with Crippen LogP contribution in [0.5, 0.6) is 0 Å². The molecular weight excluding hydrogens is 398 g/mol. The van der Waals surface area contributed by atoms with Gasteiger partial charge in [-0.2, -0.15) is 0 Å². The molecule has 2 amide bonds. The third-order valence-corrected chi connectivity index (χ3v) is 5.26. The highest BCUT2D eigenvalue weighted by Gasteiger charge is 2.15. The standard InChI is InChI=1S/C27H23N3O2/c1-19-9-11-20(12-10-19)24-7-3-4-8-25(24)26(31)29-22-15-13-21(14-16-22)27(32)30(2)23-6-5-17-28-18-23/h3-18H,1-2H3,(H,29,31). The number of aryl methyl sites for hydroxylation is 1. The van der Waals surface area contributed by atoms with Gasteiger partial charge in [-0.1, -0.05) is 48.0 Å². The molecule has 158 valence electrons. The van der Waals surface area contributed by atoms with Crippen LogP contribution in [0.1, 0.15) is 26.3 Å². The molecule has 0 spiro atoms. The highest BCUT2D eigenvalue weighted by atomic mass is 16.2. The average molecular weight is 422 g/mol. The Morgan fingerprint density at radius 1 is 0.844 bits per heavy atom. The second kappa shape index (κ2) is 9.27. The van der Waals surface area contributed by atoms with Crippen molar-refractivity contribution in [3.63, 3.8) is 0 Å². The van der Waals surface area contributed by atoms with Gasteiger partial charge in [0.05, 0.1) is 11.9 Å². The van der Waals surface area contributed by atoms with Crippen LogP contribution in [-0.2, 0) is 0 Å². The fraction of sp³-hybridized carbons (Fsp3) is 0.0741. The van der Waals surface area contributed by atoms with E-state index in [0.29, 0.717) is 22.5 Å². The number of rotatable bonds is 5. The molecule has 0 unspecified atom stereocenters. The van der Waals surface area contributed by atoms with Crippen molar-refractivity contribution >= 4 is 23.2 Å². The van der Waals surface area contributed by atoms with Crippen molar-refractivity contribution in [2.75, 3.05) is 17.3 Å². The lowest BCUT2D eigenvalue weighted by Gasteiger charge is -2.17. The summed E-state index contributed by atoms with van der Waals surface area (Å²) in [5.41, 5.74) is 5.47. The molecule has 0 atom stereocenters. The quantitative estimate of drug-likeness (QED) is 0.457. The Hall–Kier alpha value is -4.25. The van der Waals surface area contributed by atoms with E-state index >= 15 is 0 Å². The summed E-state index contributed by atoms with van der Waals surface area (Å²) < 4.78 is 0. The topological polar surface area (TPSA) is 62.3 Å². The number of amides is 2. The van der Waals surface area contributed by atoms with E-state index < -0.39 is 0 Å². The molecule has 0 aliphatic rings. The fourth-order valence-corrected chi connectivity index (χ4v) is 3.42. The van der Waals surface area contributed by atoms with Gasteiger partial charge in [-0.15, -0.1) is 0 Å². The number of aromatic nitrogens is 1. The summed E-state index contributed by atoms with van der Waals surface area (Å²) in [5.74, 6) is -0.353. The normalized spacial score (nSPS) is 10.4. The molecule has 0 fully saturated rings. The van der Waals surface area contributed by atoms with Gasteiger partial charge in [0.1, 0.15) is 0 Å². The van der Waals surface area contributed by atoms with E-state index in [-0.39, 0.29) is 11.8 Å². The Kier molecular flexibility index (Phi) is 6.08. The number of pyridine rings is 1. The Morgan fingerprint density at radius 2 is 1.56 bits per heavy atom. The zero-order chi connectivity index (χ0) is 22.5. The van der Waals surface area contributed by atoms with E-state index in [2.05, 4.69) is 10.3 Å². The molecule has 0 saturated carbocycles. The van der Waals surface area contributed by atoms with Crippen molar-refractivity contribution in [2.45, 2.75) is 6.92 Å². The van der Waals surface area contributed by atoms with Gasteiger partial charge in [0.15, 0.2) is 0 Å². The van der Waals surface area contributed by atoms with E-state index in [4.69, 9.17) is 0 Å². The Balaban J connectivity index is 1.50. The van der Waals surface area contributed by atoms with E-state index in [1.165, 1.54) is 5.56 Å². The van der Waals surface area contributed by atoms with Gasteiger partial charge in [-0.25, -0.2) is 0 Å². The smallest absolute Gasteiger partial charge is 0.258 e. The van der Waals surface area contributed by atoms with Crippen LogP contribution in [0.25, 0.3) is 11.1 Å². The van der Waals surface area contributed by atoms with Gasteiger partial charge in [-0.3, -0.25) is 14.6 Å². The lowest BCUT2D eigenvalue weighted by Crippen LogP contribution is -2.26. The molecule has 5 nitrogen and oxygen atoms in total. The van der Waals surface area contributed by atoms with Gasteiger partial charge in [0.2, 0.25) is 0 Å². The van der Waals surface area contributed by atoms with Crippen molar-refractivity contribution < 1.29 is 9.59 Å². The first-order valence-corrected chi connectivity index (χ1v) is 10.3. The number of benzene rings is 3. The molecule has 1 N–H and O–H groups in total. The highest BCUT2D eigenvalue weighted by Crippen LogP contribution is 2.25. The minimum absolute atomic E-state index is 0.152. The maximum Gasteiger partial charge on any atom is 0.258 e. The van der Waals surface area contributed by atoms with Crippen LogP contribution in [0.4, 0.5) is 11.4 Å². The molecule has 0 aliphatic heterocycles. The Bertz CT molecular complexity index is 1230. The van der Waals surface area contributed by atoms with E-state index in [1.807, 2.05) is 61.5 Å². The third-order valence-electron chi connectivity index (χ3n) is 5.26. The molecular formula is C27H23N3O2. The van der Waals surface area contributed by atoms with Crippen molar-refractivity contribution in [1.82, 2.24) is 4.98 Å². The molecule has 5 heteroatoms. The van der Waals surface area contributed by atoms with Gasteiger partial charge in [0, 0.05) is 30.1 Å². The molecule has 4 aromatic rings. The summed E-state index contributed by atoms with van der Waals surface area (Å²) in [6.45, 7) is 2.03. The largest absolute Gasteiger partial charge is 0.322 e. The highest BCUT2D eigenvalue weighted by molar-refractivity contribution is 6.09. The monoisotopic (exact) mass is 421 g/mol. The molecule has 0 saturated heterocycles. The first kappa shape index (κ1) is 21.0. The van der Waals surface area contributed by atoms with Gasteiger partial charge in [-0.05, 0) is 60.5 Å². The molecule has 3 aromatic carbocycles. The minimum atomic E-state index is -0.201. The molecule has 4 rings (SSSR count).